The van der Waals surface area contributed by atoms with E-state index in [2.05, 4.69) is 30.4 Å². The molecule has 0 radical (unpaired) electrons. The van der Waals surface area contributed by atoms with Crippen molar-refractivity contribution in [3.63, 3.8) is 0 Å². The normalized spacial score (nSPS) is 10.8. The number of para-hydroxylation sites is 2. The van der Waals surface area contributed by atoms with Crippen LogP contribution in [0.2, 0.25) is 0 Å². The number of aromatic hydroxyl groups is 2. The molecule has 0 atom stereocenters. The van der Waals surface area contributed by atoms with Crippen LogP contribution in [0.4, 0.5) is 0 Å². The molecule has 2 aromatic heterocycles. The van der Waals surface area contributed by atoms with Gasteiger partial charge >= 0.3 is 33.0 Å². The first-order chi connectivity index (χ1) is 19.0. The van der Waals surface area contributed by atoms with E-state index < -0.39 is 0 Å². The van der Waals surface area contributed by atoms with Crippen LogP contribution in [0, 0.1) is 0 Å². The number of pyridine rings is 2. The van der Waals surface area contributed by atoms with Crippen LogP contribution in [-0.2, 0) is 32.1 Å². The van der Waals surface area contributed by atoms with Gasteiger partial charge < -0.3 is 21.2 Å². The number of benzene rings is 2. The summed E-state index contributed by atoms with van der Waals surface area (Å²) in [7, 11) is 9.40. The predicted molar refractivity (Wildman–Crippen MR) is 163 cm³/mol. The van der Waals surface area contributed by atoms with E-state index in [4.69, 9.17) is 20.4 Å². The summed E-state index contributed by atoms with van der Waals surface area (Å²) >= 11 is 0.569. The Labute approximate surface area is 271 Å². The van der Waals surface area contributed by atoms with E-state index >= 15 is 0 Å². The molecule has 10 nitrogen and oxygen atoms in total. The summed E-state index contributed by atoms with van der Waals surface area (Å²) in [5.74, 6) is 0.374. The third kappa shape index (κ3) is 15.6. The van der Waals surface area contributed by atoms with Gasteiger partial charge in [-0.3, -0.25) is 9.97 Å². The fourth-order valence-corrected chi connectivity index (χ4v) is 2.80. The maximum absolute atomic E-state index is 9.54. The van der Waals surface area contributed by atoms with Crippen molar-refractivity contribution in [1.82, 2.24) is 9.97 Å². The zero-order valence-electron chi connectivity index (χ0n) is 22.7. The Kier molecular flexibility index (Phi) is 23.5. The second kappa shape index (κ2) is 24.3. The fraction of sp³-hybridized carbons (Fsp3) is 0.0714. The maximum Gasteiger partial charge on any atom is 0 e. The molecule has 0 amide bonds. The molecule has 0 aliphatic rings. The molecule has 4 rings (SSSR count). The van der Waals surface area contributed by atoms with Crippen LogP contribution in [0.5, 0.6) is 11.5 Å². The van der Waals surface area contributed by atoms with Gasteiger partial charge in [0.2, 0.25) is 0 Å². The molecular formula is C28H30Cl2N6NiO4Zn. The Morgan fingerprint density at radius 1 is 0.643 bits per heavy atom. The largest absolute Gasteiger partial charge is 0 e. The molecule has 0 aliphatic heterocycles. The summed E-state index contributed by atoms with van der Waals surface area (Å²) in [6.45, 7) is 3.68. The van der Waals surface area contributed by atoms with Crippen LogP contribution < -0.4 is 0 Å². The van der Waals surface area contributed by atoms with Gasteiger partial charge in [0.05, 0.1) is 35.2 Å². The predicted octanol–water partition coefficient (Wildman–Crippen LogP) is 4.99. The van der Waals surface area contributed by atoms with Crippen molar-refractivity contribution in [3.8, 4) is 11.5 Å². The number of aromatic nitrogens is 2. The average molecular weight is 710 g/mol. The monoisotopic (exact) mass is 706 g/mol. The quantitative estimate of drug-likeness (QED) is 0.163. The summed E-state index contributed by atoms with van der Waals surface area (Å²) in [4.78, 5) is 8.34. The first-order valence-electron chi connectivity index (χ1n) is 11.3. The molecule has 0 fully saturated rings. The first-order valence-corrected chi connectivity index (χ1v) is 14.0. The van der Waals surface area contributed by atoms with Gasteiger partial charge in [0.15, 0.2) is 0 Å². The summed E-state index contributed by atoms with van der Waals surface area (Å²) in [6.07, 6.45) is 6.45. The van der Waals surface area contributed by atoms with Crippen LogP contribution in [0.15, 0.2) is 118 Å². The molecular weight excluding hydrogens is 679 g/mol. The van der Waals surface area contributed by atoms with Gasteiger partial charge in [-0.15, -0.1) is 0 Å². The first kappa shape index (κ1) is 40.8. The zero-order valence-corrected chi connectivity index (χ0v) is 28.2. The van der Waals surface area contributed by atoms with E-state index in [9.17, 15) is 10.2 Å². The van der Waals surface area contributed by atoms with E-state index in [1.54, 1.807) is 48.8 Å². The summed E-state index contributed by atoms with van der Waals surface area (Å²) in [5, 5.41) is 35.1. The Morgan fingerprint density at radius 3 is 1.29 bits per heavy atom. The zero-order chi connectivity index (χ0) is 28.3. The van der Waals surface area contributed by atoms with E-state index in [-0.39, 0.29) is 41.9 Å². The van der Waals surface area contributed by atoms with Crippen molar-refractivity contribution >= 4 is 44.2 Å². The standard InChI is InChI=1S/2C14H13N3O.2ClH.Ni.2H2O.Zn/c2*1-11(13-7-4-5-9-15-13)17-16-10-12-6-2-3-8-14(12)18;;;;;;/h2*2-10,18H,1H3;2*1H;;2*1H2;/q;;;;+2;;;/p-2/b2*16-10+,17-11+;;;;;;. The molecule has 4 aromatic rings. The Morgan fingerprint density at radius 2 is 0.976 bits per heavy atom. The van der Waals surface area contributed by atoms with E-state index in [1.165, 1.54) is 12.4 Å². The number of hydrogen-bond acceptors (Lipinski definition) is 8. The molecule has 2 aromatic carbocycles. The van der Waals surface area contributed by atoms with Crippen LogP contribution in [0.3, 0.4) is 0 Å². The van der Waals surface area contributed by atoms with Crippen molar-refractivity contribution in [2.75, 3.05) is 0 Å². The molecule has 0 unspecified atom stereocenters. The molecule has 2 heterocycles. The molecule has 6 N–H and O–H groups in total. The smallest absolute Gasteiger partial charge is 0 e. The second-order valence-electron chi connectivity index (χ2n) is 7.45. The van der Waals surface area contributed by atoms with Gasteiger partial charge in [-0.1, -0.05) is 36.4 Å². The van der Waals surface area contributed by atoms with Gasteiger partial charge in [-0.25, -0.2) is 0 Å². The van der Waals surface area contributed by atoms with E-state index in [0.29, 0.717) is 23.8 Å². The Bertz CT molecular complexity index is 1310. The van der Waals surface area contributed by atoms with Gasteiger partial charge in [-0.2, -0.15) is 20.4 Å². The number of hydrogen-bond donors (Lipinski definition) is 2. The maximum atomic E-state index is 9.54. The van der Waals surface area contributed by atoms with Crippen LogP contribution in [0.1, 0.15) is 36.4 Å². The van der Waals surface area contributed by atoms with Crippen molar-refractivity contribution in [3.05, 3.63) is 120 Å². The molecule has 222 valence electrons. The van der Waals surface area contributed by atoms with Crippen LogP contribution in [-0.4, -0.2) is 55.0 Å². The fourth-order valence-electron chi connectivity index (χ4n) is 2.80. The van der Waals surface area contributed by atoms with Gasteiger partial charge in [0.1, 0.15) is 11.5 Å². The molecule has 0 spiro atoms. The number of phenolic OH excluding ortho intramolecular Hbond substituents is 2. The minimum atomic E-state index is 0. The molecule has 0 aliphatic carbocycles. The number of rotatable bonds is 6. The molecule has 42 heavy (non-hydrogen) atoms. The van der Waals surface area contributed by atoms with Gasteiger partial charge in [0, 0.05) is 43.0 Å². The third-order valence-electron chi connectivity index (χ3n) is 4.75. The van der Waals surface area contributed by atoms with Crippen LogP contribution in [0.25, 0.3) is 0 Å². The Balaban J connectivity index is 0. The summed E-state index contributed by atoms with van der Waals surface area (Å²) in [6, 6.07) is 25.2. The Hall–Kier alpha value is -3.36. The second-order valence-corrected chi connectivity index (χ2v) is 9.08. The number of nitrogens with zero attached hydrogens (tertiary/aromatic N) is 6. The van der Waals surface area contributed by atoms with E-state index in [1.807, 2.05) is 62.4 Å². The average Bonchev–Trinajstić information content (AvgIpc) is 2.97. The summed E-state index contributed by atoms with van der Waals surface area (Å²) in [5.41, 5.74) is 4.29. The number of halogens is 2. The number of phenols is 2. The molecule has 0 saturated carbocycles. The van der Waals surface area contributed by atoms with Crippen LogP contribution >= 0.6 is 20.4 Å². The molecule has 0 bridgehead atoms. The SMILES string of the molecule is C/C(=N\N=C\c1ccccc1O)c1ccccn1.C/C(=N\N=C\c1ccccc1O)c1ccccn1.O.O.[Cl][Ni][Cl].[Zn]. The minimum absolute atomic E-state index is 0. The third-order valence-corrected chi connectivity index (χ3v) is 4.75. The van der Waals surface area contributed by atoms with Gasteiger partial charge in [-0.05, 0) is 62.4 Å². The van der Waals surface area contributed by atoms with E-state index in [0.717, 1.165) is 22.8 Å². The molecule has 14 heteroatoms. The van der Waals surface area contributed by atoms with Crippen molar-refractivity contribution in [1.29, 1.82) is 0 Å². The minimum Gasteiger partial charge on any atom is 0 e. The van der Waals surface area contributed by atoms with Crippen molar-refractivity contribution < 1.29 is 53.3 Å². The summed E-state index contributed by atoms with van der Waals surface area (Å²) < 4.78 is 0. The van der Waals surface area contributed by atoms with Crippen molar-refractivity contribution in [2.45, 2.75) is 13.8 Å². The van der Waals surface area contributed by atoms with Gasteiger partial charge in [0.25, 0.3) is 0 Å². The topological polar surface area (TPSA) is 179 Å². The van der Waals surface area contributed by atoms with Crippen molar-refractivity contribution in [2.24, 2.45) is 20.4 Å². The molecule has 0 saturated heterocycles.